The van der Waals surface area contributed by atoms with E-state index in [-0.39, 0.29) is 11.7 Å². The fraction of sp³-hybridized carbons (Fsp3) is 0.385. The summed E-state index contributed by atoms with van der Waals surface area (Å²) in [6, 6.07) is 18.0. The number of morpholine rings is 1. The molecule has 7 heteroatoms. The van der Waals surface area contributed by atoms with E-state index in [0.717, 1.165) is 53.9 Å². The summed E-state index contributed by atoms with van der Waals surface area (Å²) in [4.78, 5) is 35.8. The predicted octanol–water partition coefficient (Wildman–Crippen LogP) is 2.49. The smallest absolute Gasteiger partial charge is 0.236 e. The van der Waals surface area contributed by atoms with Gasteiger partial charge in [0.1, 0.15) is 0 Å². The first kappa shape index (κ1) is 21.8. The molecule has 0 bridgehead atoms. The zero-order valence-electron chi connectivity index (χ0n) is 18.8. The summed E-state index contributed by atoms with van der Waals surface area (Å²) < 4.78 is 5.34. The predicted molar refractivity (Wildman–Crippen MR) is 128 cm³/mol. The van der Waals surface area contributed by atoms with Crippen LogP contribution in [-0.2, 0) is 9.53 Å². The van der Waals surface area contributed by atoms with Crippen molar-refractivity contribution in [2.24, 2.45) is 0 Å². The molecule has 1 aromatic heterocycles. The quantitative estimate of drug-likeness (QED) is 0.590. The molecule has 3 heterocycles. The number of carbonyl (C=O) groups excluding carboxylic acids is 2. The van der Waals surface area contributed by atoms with Crippen molar-refractivity contribution in [3.05, 3.63) is 60.2 Å². The maximum atomic E-state index is 13.5. The summed E-state index contributed by atoms with van der Waals surface area (Å²) in [6.45, 7) is 6.60. The van der Waals surface area contributed by atoms with Crippen molar-refractivity contribution in [1.29, 1.82) is 0 Å². The number of Topliss-reactive ketones (excluding diaryl/α,β-unsaturated/α-hetero) is 1. The Morgan fingerprint density at radius 2 is 1.42 bits per heavy atom. The van der Waals surface area contributed by atoms with Crippen LogP contribution in [0.25, 0.3) is 22.2 Å². The molecule has 0 unspecified atom stereocenters. The first-order valence-corrected chi connectivity index (χ1v) is 11.7. The van der Waals surface area contributed by atoms with Crippen molar-refractivity contribution < 1.29 is 14.3 Å². The third-order valence-corrected chi connectivity index (χ3v) is 6.60. The Labute approximate surface area is 193 Å². The molecule has 2 fully saturated rings. The van der Waals surface area contributed by atoms with Crippen molar-refractivity contribution in [1.82, 2.24) is 19.7 Å². The highest BCUT2D eigenvalue weighted by Gasteiger charge is 2.26. The Hall–Kier alpha value is -3.00. The fourth-order valence-corrected chi connectivity index (χ4v) is 4.74. The molecule has 1 amide bonds. The number of hydrogen-bond acceptors (Lipinski definition) is 5. The summed E-state index contributed by atoms with van der Waals surface area (Å²) in [5, 5.41) is 0.969. The van der Waals surface area contributed by atoms with Gasteiger partial charge in [-0.25, -0.2) is 0 Å². The van der Waals surface area contributed by atoms with Gasteiger partial charge in [0.25, 0.3) is 0 Å². The van der Waals surface area contributed by atoms with Crippen molar-refractivity contribution in [2.45, 2.75) is 0 Å². The Bertz CT molecular complexity index is 1110. The number of benzene rings is 2. The molecule has 0 saturated carbocycles. The Morgan fingerprint density at radius 3 is 2.15 bits per heavy atom. The number of piperazine rings is 1. The van der Waals surface area contributed by atoms with Gasteiger partial charge >= 0.3 is 0 Å². The molecule has 2 saturated heterocycles. The van der Waals surface area contributed by atoms with E-state index in [0.29, 0.717) is 39.4 Å². The maximum absolute atomic E-state index is 13.5. The molecule has 1 N–H and O–H groups in total. The van der Waals surface area contributed by atoms with Gasteiger partial charge in [-0.2, -0.15) is 0 Å². The second-order valence-electron chi connectivity index (χ2n) is 8.76. The number of ether oxygens (including phenoxy) is 1. The van der Waals surface area contributed by atoms with E-state index in [1.165, 1.54) is 0 Å². The van der Waals surface area contributed by atoms with Crippen LogP contribution in [0.1, 0.15) is 10.4 Å². The highest BCUT2D eigenvalue weighted by atomic mass is 16.5. The monoisotopic (exact) mass is 446 g/mol. The number of nitrogens with one attached hydrogen (secondary N) is 1. The maximum Gasteiger partial charge on any atom is 0.236 e. The number of hydrogen-bond donors (Lipinski definition) is 1. The molecule has 0 radical (unpaired) electrons. The second-order valence-corrected chi connectivity index (χ2v) is 8.76. The van der Waals surface area contributed by atoms with Gasteiger partial charge in [-0.15, -0.1) is 0 Å². The first-order chi connectivity index (χ1) is 16.2. The molecule has 172 valence electrons. The molecular weight excluding hydrogens is 416 g/mol. The van der Waals surface area contributed by atoms with Crippen LogP contribution < -0.4 is 0 Å². The summed E-state index contributed by atoms with van der Waals surface area (Å²) in [5.41, 5.74) is 3.65. The number of amides is 1. The van der Waals surface area contributed by atoms with Gasteiger partial charge in [-0.1, -0.05) is 48.5 Å². The average molecular weight is 447 g/mol. The number of aromatic amines is 1. The normalized spacial score (nSPS) is 18.0. The number of rotatable bonds is 6. The number of carbonyl (C=O) groups is 2. The fourth-order valence-electron chi connectivity index (χ4n) is 4.74. The number of aromatic nitrogens is 1. The first-order valence-electron chi connectivity index (χ1n) is 11.7. The SMILES string of the molecule is O=C(CN1CCN(CC(=O)N2CCOCC2)CC1)c1c(-c2ccccc2)[nH]c2ccccc12. The number of H-pyrrole nitrogens is 1. The topological polar surface area (TPSA) is 68.9 Å². The number of para-hydroxylation sites is 1. The largest absolute Gasteiger partial charge is 0.378 e. The van der Waals surface area contributed by atoms with E-state index >= 15 is 0 Å². The molecule has 7 nitrogen and oxygen atoms in total. The Kier molecular flexibility index (Phi) is 6.53. The summed E-state index contributed by atoms with van der Waals surface area (Å²) in [6.07, 6.45) is 0. The summed E-state index contributed by atoms with van der Waals surface area (Å²) in [7, 11) is 0. The standard InChI is InChI=1S/C26H30N4O3/c31-23(18-28-10-12-29(13-11-28)19-24(32)30-14-16-33-17-15-30)25-21-8-4-5-9-22(21)27-26(25)20-6-2-1-3-7-20/h1-9,27H,10-19H2. The lowest BCUT2D eigenvalue weighted by Crippen LogP contribution is -2.52. The number of nitrogens with zero attached hydrogens (tertiary/aromatic N) is 3. The van der Waals surface area contributed by atoms with Crippen molar-refractivity contribution >= 4 is 22.6 Å². The minimum absolute atomic E-state index is 0.129. The van der Waals surface area contributed by atoms with Crippen LogP contribution in [0.2, 0.25) is 0 Å². The van der Waals surface area contributed by atoms with Crippen LogP contribution in [0.3, 0.4) is 0 Å². The molecule has 5 rings (SSSR count). The molecule has 2 aliphatic rings. The van der Waals surface area contributed by atoms with Gasteiger partial charge in [-0.05, 0) is 11.6 Å². The van der Waals surface area contributed by atoms with Gasteiger partial charge in [0.15, 0.2) is 5.78 Å². The van der Waals surface area contributed by atoms with Gasteiger partial charge in [-0.3, -0.25) is 19.4 Å². The van der Waals surface area contributed by atoms with E-state index < -0.39 is 0 Å². The lowest BCUT2D eigenvalue weighted by Gasteiger charge is -2.35. The highest BCUT2D eigenvalue weighted by molar-refractivity contribution is 6.14. The van der Waals surface area contributed by atoms with Gasteiger partial charge in [0, 0.05) is 50.2 Å². The van der Waals surface area contributed by atoms with Crippen LogP contribution in [0.15, 0.2) is 54.6 Å². The van der Waals surface area contributed by atoms with Crippen LogP contribution in [-0.4, -0.2) is 96.9 Å². The highest BCUT2D eigenvalue weighted by Crippen LogP contribution is 2.30. The van der Waals surface area contributed by atoms with Crippen LogP contribution in [0.4, 0.5) is 0 Å². The molecule has 2 aromatic carbocycles. The molecule has 2 aliphatic heterocycles. The van der Waals surface area contributed by atoms with E-state index in [1.807, 2.05) is 59.5 Å². The minimum Gasteiger partial charge on any atom is -0.378 e. The lowest BCUT2D eigenvalue weighted by molar-refractivity contribution is -0.136. The van der Waals surface area contributed by atoms with Crippen LogP contribution in [0.5, 0.6) is 0 Å². The van der Waals surface area contributed by atoms with Gasteiger partial charge in [0.2, 0.25) is 5.91 Å². The lowest BCUT2D eigenvalue weighted by atomic mass is 10.0. The molecule has 0 spiro atoms. The Balaban J connectivity index is 1.24. The van der Waals surface area contributed by atoms with Crippen molar-refractivity contribution in [3.8, 4) is 11.3 Å². The Morgan fingerprint density at radius 1 is 0.788 bits per heavy atom. The van der Waals surface area contributed by atoms with Gasteiger partial charge < -0.3 is 14.6 Å². The van der Waals surface area contributed by atoms with E-state index in [9.17, 15) is 9.59 Å². The number of fused-ring (bicyclic) bond motifs is 1. The van der Waals surface area contributed by atoms with Crippen LogP contribution in [0, 0.1) is 0 Å². The molecule has 0 atom stereocenters. The molecule has 33 heavy (non-hydrogen) atoms. The molecule has 3 aromatic rings. The minimum atomic E-state index is 0.129. The molecular formula is C26H30N4O3. The third kappa shape index (κ3) is 4.85. The summed E-state index contributed by atoms with van der Waals surface area (Å²) >= 11 is 0. The van der Waals surface area contributed by atoms with E-state index in [4.69, 9.17) is 4.74 Å². The van der Waals surface area contributed by atoms with E-state index in [2.05, 4.69) is 14.8 Å². The second kappa shape index (κ2) is 9.87. The third-order valence-electron chi connectivity index (χ3n) is 6.60. The average Bonchev–Trinajstić information content (AvgIpc) is 3.26. The summed E-state index contributed by atoms with van der Waals surface area (Å²) in [5.74, 6) is 0.304. The zero-order valence-corrected chi connectivity index (χ0v) is 18.8. The van der Waals surface area contributed by atoms with Gasteiger partial charge in [0.05, 0.1) is 37.6 Å². The zero-order chi connectivity index (χ0) is 22.6. The van der Waals surface area contributed by atoms with Crippen LogP contribution >= 0.6 is 0 Å². The van der Waals surface area contributed by atoms with Crippen molar-refractivity contribution in [3.63, 3.8) is 0 Å². The van der Waals surface area contributed by atoms with E-state index in [1.54, 1.807) is 0 Å². The number of ketones is 1. The van der Waals surface area contributed by atoms with Crippen molar-refractivity contribution in [2.75, 3.05) is 65.6 Å². The molecule has 0 aliphatic carbocycles.